The first-order valence-electron chi connectivity index (χ1n) is 8.43. The highest BCUT2D eigenvalue weighted by atomic mass is 16.5. The van der Waals surface area contributed by atoms with Gasteiger partial charge in [0.25, 0.3) is 5.91 Å². The molecule has 1 aliphatic heterocycles. The summed E-state index contributed by atoms with van der Waals surface area (Å²) in [4.78, 5) is 14.4. The van der Waals surface area contributed by atoms with Gasteiger partial charge in [-0.2, -0.15) is 0 Å². The van der Waals surface area contributed by atoms with Crippen LogP contribution in [0.3, 0.4) is 0 Å². The molecule has 1 N–H and O–H groups in total. The van der Waals surface area contributed by atoms with E-state index >= 15 is 0 Å². The fourth-order valence-corrected chi connectivity index (χ4v) is 2.80. The SMILES string of the molecule is CCCCCOc1ccc(C(=O)N(C)C2CCNCC2)cc1. The van der Waals surface area contributed by atoms with Gasteiger partial charge in [-0.3, -0.25) is 4.79 Å². The zero-order valence-electron chi connectivity index (χ0n) is 13.8. The summed E-state index contributed by atoms with van der Waals surface area (Å²) in [6, 6.07) is 7.88. The lowest BCUT2D eigenvalue weighted by Crippen LogP contribution is -2.43. The molecule has 1 heterocycles. The molecule has 122 valence electrons. The predicted octanol–water partition coefficient (Wildman–Crippen LogP) is 3.08. The maximum absolute atomic E-state index is 12.5. The molecule has 0 radical (unpaired) electrons. The predicted molar refractivity (Wildman–Crippen MR) is 89.4 cm³/mol. The molecule has 1 amide bonds. The van der Waals surface area contributed by atoms with Crippen molar-refractivity contribution in [1.82, 2.24) is 10.2 Å². The van der Waals surface area contributed by atoms with E-state index in [-0.39, 0.29) is 5.91 Å². The van der Waals surface area contributed by atoms with Gasteiger partial charge in [-0.05, 0) is 56.6 Å². The van der Waals surface area contributed by atoms with E-state index in [0.29, 0.717) is 6.04 Å². The molecule has 0 bridgehead atoms. The first kappa shape index (κ1) is 16.8. The number of hydrogen-bond donors (Lipinski definition) is 1. The van der Waals surface area contributed by atoms with Gasteiger partial charge in [0.2, 0.25) is 0 Å². The van der Waals surface area contributed by atoms with Crippen molar-refractivity contribution in [3.05, 3.63) is 29.8 Å². The summed E-state index contributed by atoms with van der Waals surface area (Å²) in [5, 5.41) is 3.33. The third kappa shape index (κ3) is 4.73. The maximum Gasteiger partial charge on any atom is 0.253 e. The molecule has 1 aromatic carbocycles. The van der Waals surface area contributed by atoms with Crippen molar-refractivity contribution in [1.29, 1.82) is 0 Å². The van der Waals surface area contributed by atoms with E-state index in [2.05, 4.69) is 12.2 Å². The molecule has 0 unspecified atom stereocenters. The maximum atomic E-state index is 12.5. The van der Waals surface area contributed by atoms with Gasteiger partial charge in [0.15, 0.2) is 0 Å². The van der Waals surface area contributed by atoms with Crippen LogP contribution in [0.15, 0.2) is 24.3 Å². The molecular weight excluding hydrogens is 276 g/mol. The molecule has 0 aromatic heterocycles. The molecule has 2 rings (SSSR count). The first-order chi connectivity index (χ1) is 10.7. The Morgan fingerprint density at radius 1 is 1.23 bits per heavy atom. The highest BCUT2D eigenvalue weighted by Crippen LogP contribution is 2.17. The highest BCUT2D eigenvalue weighted by Gasteiger charge is 2.22. The lowest BCUT2D eigenvalue weighted by molar-refractivity contribution is 0.0703. The van der Waals surface area contributed by atoms with E-state index in [1.54, 1.807) is 0 Å². The molecular formula is C18H28N2O2. The van der Waals surface area contributed by atoms with Crippen molar-refractivity contribution in [2.45, 2.75) is 45.1 Å². The summed E-state index contributed by atoms with van der Waals surface area (Å²) >= 11 is 0. The van der Waals surface area contributed by atoms with Gasteiger partial charge in [0.05, 0.1) is 6.61 Å². The van der Waals surface area contributed by atoms with Gasteiger partial charge in [-0.25, -0.2) is 0 Å². The van der Waals surface area contributed by atoms with Crippen molar-refractivity contribution < 1.29 is 9.53 Å². The number of amides is 1. The van der Waals surface area contributed by atoms with E-state index < -0.39 is 0 Å². The van der Waals surface area contributed by atoms with Crippen LogP contribution in [-0.4, -0.2) is 43.6 Å². The molecule has 4 heteroatoms. The van der Waals surface area contributed by atoms with Gasteiger partial charge in [-0.15, -0.1) is 0 Å². The average Bonchev–Trinajstić information content (AvgIpc) is 2.59. The fraction of sp³-hybridized carbons (Fsp3) is 0.611. The van der Waals surface area contributed by atoms with E-state index in [1.807, 2.05) is 36.2 Å². The van der Waals surface area contributed by atoms with Gasteiger partial charge in [-0.1, -0.05) is 19.8 Å². The second-order valence-electron chi connectivity index (χ2n) is 5.98. The Balaban J connectivity index is 1.87. The zero-order chi connectivity index (χ0) is 15.8. The Bertz CT molecular complexity index is 453. The van der Waals surface area contributed by atoms with Crippen molar-refractivity contribution >= 4 is 5.91 Å². The first-order valence-corrected chi connectivity index (χ1v) is 8.43. The smallest absolute Gasteiger partial charge is 0.253 e. The number of carbonyl (C=O) groups excluding carboxylic acids is 1. The number of unbranched alkanes of at least 4 members (excludes halogenated alkanes) is 2. The summed E-state index contributed by atoms with van der Waals surface area (Å²) in [5.41, 5.74) is 0.738. The number of ether oxygens (including phenoxy) is 1. The molecule has 0 saturated carbocycles. The molecule has 22 heavy (non-hydrogen) atoms. The molecule has 1 saturated heterocycles. The molecule has 1 aliphatic rings. The molecule has 1 aromatic rings. The lowest BCUT2D eigenvalue weighted by atomic mass is 10.0. The average molecular weight is 304 g/mol. The van der Waals surface area contributed by atoms with Gasteiger partial charge in [0.1, 0.15) is 5.75 Å². The van der Waals surface area contributed by atoms with Crippen molar-refractivity contribution in [3.63, 3.8) is 0 Å². The number of nitrogens with zero attached hydrogens (tertiary/aromatic N) is 1. The monoisotopic (exact) mass is 304 g/mol. The summed E-state index contributed by atoms with van der Waals surface area (Å²) in [7, 11) is 1.91. The van der Waals surface area contributed by atoms with Crippen LogP contribution >= 0.6 is 0 Å². The number of carbonyl (C=O) groups is 1. The Labute approximate surface area is 133 Å². The van der Waals surface area contributed by atoms with Crippen molar-refractivity contribution in [3.8, 4) is 5.75 Å². The molecule has 0 atom stereocenters. The van der Waals surface area contributed by atoms with Crippen LogP contribution in [-0.2, 0) is 0 Å². The van der Waals surface area contributed by atoms with Crippen molar-refractivity contribution in [2.24, 2.45) is 0 Å². The Hall–Kier alpha value is -1.55. The van der Waals surface area contributed by atoms with Crippen LogP contribution in [0.1, 0.15) is 49.4 Å². The lowest BCUT2D eigenvalue weighted by Gasteiger charge is -2.31. The normalized spacial score (nSPS) is 15.5. The second-order valence-corrected chi connectivity index (χ2v) is 5.98. The quantitative estimate of drug-likeness (QED) is 0.787. The summed E-state index contributed by atoms with van der Waals surface area (Å²) < 4.78 is 5.69. The summed E-state index contributed by atoms with van der Waals surface area (Å²) in [6.45, 7) is 4.91. The van der Waals surface area contributed by atoms with Gasteiger partial charge in [0, 0.05) is 18.7 Å². The molecule has 0 aliphatic carbocycles. The van der Waals surface area contributed by atoms with E-state index in [4.69, 9.17) is 4.74 Å². The Kier molecular flexibility index (Phi) is 6.72. The molecule has 4 nitrogen and oxygen atoms in total. The van der Waals surface area contributed by atoms with Gasteiger partial charge < -0.3 is 15.0 Å². The number of nitrogens with one attached hydrogen (secondary N) is 1. The number of benzene rings is 1. The van der Waals surface area contributed by atoms with E-state index in [1.165, 1.54) is 12.8 Å². The molecule has 1 fully saturated rings. The van der Waals surface area contributed by atoms with Gasteiger partial charge >= 0.3 is 0 Å². The molecule has 0 spiro atoms. The Morgan fingerprint density at radius 3 is 2.55 bits per heavy atom. The third-order valence-electron chi connectivity index (χ3n) is 4.29. The zero-order valence-corrected chi connectivity index (χ0v) is 13.8. The van der Waals surface area contributed by atoms with Crippen LogP contribution in [0.25, 0.3) is 0 Å². The second kappa shape index (κ2) is 8.79. The largest absolute Gasteiger partial charge is 0.494 e. The number of hydrogen-bond acceptors (Lipinski definition) is 3. The third-order valence-corrected chi connectivity index (χ3v) is 4.29. The Morgan fingerprint density at radius 2 is 1.91 bits per heavy atom. The van der Waals surface area contributed by atoms with Crippen LogP contribution in [0.2, 0.25) is 0 Å². The van der Waals surface area contributed by atoms with E-state index in [0.717, 1.165) is 50.3 Å². The minimum Gasteiger partial charge on any atom is -0.494 e. The topological polar surface area (TPSA) is 41.6 Å². The van der Waals surface area contributed by atoms with Crippen LogP contribution in [0.5, 0.6) is 5.75 Å². The van der Waals surface area contributed by atoms with E-state index in [9.17, 15) is 4.79 Å². The van der Waals surface area contributed by atoms with Crippen LogP contribution < -0.4 is 10.1 Å². The van der Waals surface area contributed by atoms with Crippen LogP contribution in [0.4, 0.5) is 0 Å². The number of piperidine rings is 1. The minimum absolute atomic E-state index is 0.101. The van der Waals surface area contributed by atoms with Crippen molar-refractivity contribution in [2.75, 3.05) is 26.7 Å². The summed E-state index contributed by atoms with van der Waals surface area (Å²) in [5.74, 6) is 0.946. The number of rotatable bonds is 7. The minimum atomic E-state index is 0.101. The standard InChI is InChI=1S/C18H28N2O2/c1-3-4-5-14-22-17-8-6-15(7-9-17)18(21)20(2)16-10-12-19-13-11-16/h6-9,16,19H,3-5,10-14H2,1-2H3. The highest BCUT2D eigenvalue weighted by molar-refractivity contribution is 5.94. The summed E-state index contributed by atoms with van der Waals surface area (Å²) in [6.07, 6.45) is 5.52. The van der Waals surface area contributed by atoms with Crippen LogP contribution in [0, 0.1) is 0 Å². The fourth-order valence-electron chi connectivity index (χ4n) is 2.80.